The van der Waals surface area contributed by atoms with Crippen molar-refractivity contribution in [2.75, 3.05) is 7.11 Å². The molecule has 1 aromatic rings. The van der Waals surface area contributed by atoms with E-state index in [1.807, 2.05) is 19.1 Å². The third-order valence-corrected chi connectivity index (χ3v) is 3.83. The van der Waals surface area contributed by atoms with E-state index < -0.39 is 0 Å². The van der Waals surface area contributed by atoms with Gasteiger partial charge in [0.15, 0.2) is 0 Å². The summed E-state index contributed by atoms with van der Waals surface area (Å²) < 4.78 is 4.84. The van der Waals surface area contributed by atoms with E-state index in [1.165, 1.54) is 7.11 Å². The van der Waals surface area contributed by atoms with Gasteiger partial charge in [0.2, 0.25) is 0 Å². The number of halogens is 2. The van der Waals surface area contributed by atoms with Gasteiger partial charge in [-0.2, -0.15) is 0 Å². The lowest BCUT2D eigenvalue weighted by Gasteiger charge is -2.23. The van der Waals surface area contributed by atoms with Crippen LogP contribution in [-0.2, 0) is 9.53 Å². The first kappa shape index (κ1) is 17.3. The van der Waals surface area contributed by atoms with E-state index in [0.29, 0.717) is 16.0 Å². The quantitative estimate of drug-likeness (QED) is 0.798. The van der Waals surface area contributed by atoms with Gasteiger partial charge < -0.3 is 4.74 Å². The Labute approximate surface area is 130 Å². The maximum Gasteiger partial charge on any atom is 0.322 e. The molecule has 0 saturated heterocycles. The first-order valence-corrected chi connectivity index (χ1v) is 7.39. The van der Waals surface area contributed by atoms with E-state index in [-0.39, 0.29) is 18.1 Å². The van der Waals surface area contributed by atoms with Crippen LogP contribution in [0.1, 0.15) is 38.8 Å². The predicted molar refractivity (Wildman–Crippen MR) is 83.3 cm³/mol. The largest absolute Gasteiger partial charge is 0.468 e. The number of nitrogens with one attached hydrogen (secondary N) is 1. The van der Waals surface area contributed by atoms with Gasteiger partial charge in [-0.1, -0.05) is 43.1 Å². The van der Waals surface area contributed by atoms with Crippen LogP contribution < -0.4 is 5.32 Å². The van der Waals surface area contributed by atoms with Gasteiger partial charge in [-0.15, -0.1) is 0 Å². The van der Waals surface area contributed by atoms with Crippen LogP contribution in [0.4, 0.5) is 0 Å². The number of methoxy groups -OCH3 is 1. The molecule has 112 valence electrons. The summed E-state index contributed by atoms with van der Waals surface area (Å²) in [6.45, 7) is 6.12. The Morgan fingerprint density at radius 3 is 2.40 bits per heavy atom. The zero-order valence-electron chi connectivity index (χ0n) is 12.2. The summed E-state index contributed by atoms with van der Waals surface area (Å²) in [6, 6.07) is 5.12. The molecule has 1 rings (SSSR count). The topological polar surface area (TPSA) is 38.3 Å². The number of carbonyl (C=O) groups excluding carboxylic acids is 1. The molecule has 20 heavy (non-hydrogen) atoms. The van der Waals surface area contributed by atoms with Crippen molar-refractivity contribution >= 4 is 29.2 Å². The molecule has 0 aliphatic carbocycles. The Balaban J connectivity index is 2.81. The molecule has 2 atom stereocenters. The fourth-order valence-electron chi connectivity index (χ4n) is 2.03. The maximum absolute atomic E-state index is 11.8. The minimum atomic E-state index is -0.329. The molecule has 0 fully saturated rings. The van der Waals surface area contributed by atoms with Crippen LogP contribution in [0.2, 0.25) is 10.0 Å². The van der Waals surface area contributed by atoms with Crippen LogP contribution in [-0.4, -0.2) is 19.1 Å². The lowest BCUT2D eigenvalue weighted by Crippen LogP contribution is -2.40. The van der Waals surface area contributed by atoms with Gasteiger partial charge >= 0.3 is 5.97 Å². The molecule has 1 N–H and O–H groups in total. The van der Waals surface area contributed by atoms with Crippen LogP contribution in [0, 0.1) is 5.92 Å². The molecule has 2 unspecified atom stereocenters. The average molecular weight is 318 g/mol. The summed E-state index contributed by atoms with van der Waals surface area (Å²) in [4.78, 5) is 11.8. The number of esters is 1. The first-order chi connectivity index (χ1) is 9.35. The van der Waals surface area contributed by atoms with Crippen LogP contribution >= 0.6 is 23.2 Å². The number of hydrogen-bond donors (Lipinski definition) is 1. The first-order valence-electron chi connectivity index (χ1n) is 6.64. The van der Waals surface area contributed by atoms with Crippen molar-refractivity contribution < 1.29 is 9.53 Å². The van der Waals surface area contributed by atoms with Crippen molar-refractivity contribution in [3.05, 3.63) is 33.8 Å². The SMILES string of the molecule is COC(=O)C(CC(C)C)NC(C)c1ccc(Cl)c(Cl)c1. The third kappa shape index (κ3) is 4.97. The molecule has 0 radical (unpaired) electrons. The van der Waals surface area contributed by atoms with Gasteiger partial charge in [0.05, 0.1) is 17.2 Å². The normalized spacial score (nSPS) is 14.2. The summed E-state index contributed by atoms with van der Waals surface area (Å²) in [5, 5.41) is 4.32. The number of benzene rings is 1. The molecule has 0 spiro atoms. The lowest BCUT2D eigenvalue weighted by atomic mass is 10.0. The minimum absolute atomic E-state index is 0.0207. The number of hydrogen-bond acceptors (Lipinski definition) is 3. The molecule has 0 aliphatic rings. The van der Waals surface area contributed by atoms with Gasteiger partial charge in [0, 0.05) is 6.04 Å². The number of ether oxygens (including phenoxy) is 1. The highest BCUT2D eigenvalue weighted by atomic mass is 35.5. The van der Waals surface area contributed by atoms with Gasteiger partial charge in [0.25, 0.3) is 0 Å². The summed E-state index contributed by atoms with van der Waals surface area (Å²) in [7, 11) is 1.40. The van der Waals surface area contributed by atoms with Gasteiger partial charge in [-0.05, 0) is 37.0 Å². The smallest absolute Gasteiger partial charge is 0.322 e. The van der Waals surface area contributed by atoms with Crippen LogP contribution in [0.25, 0.3) is 0 Å². The predicted octanol–water partition coefficient (Wildman–Crippen LogP) is 4.23. The highest BCUT2D eigenvalue weighted by Gasteiger charge is 2.22. The summed E-state index contributed by atoms with van der Waals surface area (Å²) >= 11 is 11.9. The molecule has 0 saturated carbocycles. The molecule has 0 aromatic heterocycles. The molecular weight excluding hydrogens is 297 g/mol. The second kappa shape index (κ2) is 7.87. The number of rotatable bonds is 6. The third-order valence-electron chi connectivity index (χ3n) is 3.09. The van der Waals surface area contributed by atoms with E-state index in [9.17, 15) is 4.79 Å². The zero-order valence-corrected chi connectivity index (χ0v) is 13.8. The van der Waals surface area contributed by atoms with E-state index in [0.717, 1.165) is 12.0 Å². The fourth-order valence-corrected chi connectivity index (χ4v) is 2.33. The second-order valence-electron chi connectivity index (χ2n) is 5.27. The molecule has 1 aromatic carbocycles. The highest BCUT2D eigenvalue weighted by molar-refractivity contribution is 6.42. The summed E-state index contributed by atoms with van der Waals surface area (Å²) in [5.41, 5.74) is 0.983. The Bertz CT molecular complexity index is 463. The molecular formula is C15H21Cl2NO2. The van der Waals surface area contributed by atoms with Crippen molar-refractivity contribution in [3.8, 4) is 0 Å². The van der Waals surface area contributed by atoms with Crippen molar-refractivity contribution in [2.45, 2.75) is 39.3 Å². The molecule has 0 bridgehead atoms. The van der Waals surface area contributed by atoms with Gasteiger partial charge in [-0.3, -0.25) is 10.1 Å². The van der Waals surface area contributed by atoms with E-state index in [1.54, 1.807) is 6.07 Å². The second-order valence-corrected chi connectivity index (χ2v) is 6.08. The number of carbonyl (C=O) groups is 1. The Morgan fingerprint density at radius 2 is 1.90 bits per heavy atom. The Hall–Kier alpha value is -0.770. The maximum atomic E-state index is 11.8. The van der Waals surface area contributed by atoms with E-state index in [4.69, 9.17) is 27.9 Å². The van der Waals surface area contributed by atoms with Gasteiger partial charge in [0.1, 0.15) is 6.04 Å². The van der Waals surface area contributed by atoms with Crippen molar-refractivity contribution in [1.82, 2.24) is 5.32 Å². The molecule has 0 amide bonds. The standard InChI is InChI=1S/C15H21Cl2NO2/c1-9(2)7-14(15(19)20-4)18-10(3)11-5-6-12(16)13(17)8-11/h5-6,8-10,14,18H,7H2,1-4H3. The van der Waals surface area contributed by atoms with Crippen LogP contribution in [0.5, 0.6) is 0 Å². The Kier molecular flexibility index (Phi) is 6.80. The summed E-state index contributed by atoms with van der Waals surface area (Å²) in [6.07, 6.45) is 0.721. The van der Waals surface area contributed by atoms with Crippen molar-refractivity contribution in [1.29, 1.82) is 0 Å². The van der Waals surface area contributed by atoms with Gasteiger partial charge in [-0.25, -0.2) is 0 Å². The molecule has 0 aliphatic heterocycles. The summed E-state index contributed by atoms with van der Waals surface area (Å²) in [5.74, 6) is 0.151. The van der Waals surface area contributed by atoms with Crippen molar-refractivity contribution in [3.63, 3.8) is 0 Å². The van der Waals surface area contributed by atoms with Crippen LogP contribution in [0.3, 0.4) is 0 Å². The minimum Gasteiger partial charge on any atom is -0.468 e. The van der Waals surface area contributed by atoms with E-state index in [2.05, 4.69) is 19.2 Å². The lowest BCUT2D eigenvalue weighted by molar-refractivity contribution is -0.143. The monoisotopic (exact) mass is 317 g/mol. The highest BCUT2D eigenvalue weighted by Crippen LogP contribution is 2.26. The van der Waals surface area contributed by atoms with E-state index >= 15 is 0 Å². The molecule has 3 nitrogen and oxygen atoms in total. The van der Waals surface area contributed by atoms with Crippen LogP contribution in [0.15, 0.2) is 18.2 Å². The van der Waals surface area contributed by atoms with Crippen molar-refractivity contribution in [2.24, 2.45) is 5.92 Å². The fraction of sp³-hybridized carbons (Fsp3) is 0.533. The average Bonchev–Trinajstić information content (AvgIpc) is 2.39. The Morgan fingerprint density at radius 1 is 1.25 bits per heavy atom. The zero-order chi connectivity index (χ0) is 15.3. The molecule has 0 heterocycles. The molecule has 5 heteroatoms.